The quantitative estimate of drug-likeness (QED) is 0.581. The van der Waals surface area contributed by atoms with Gasteiger partial charge in [-0.3, -0.25) is 10.1 Å². The van der Waals surface area contributed by atoms with E-state index in [0.717, 1.165) is 6.07 Å². The number of phenols is 1. The van der Waals surface area contributed by atoms with Crippen molar-refractivity contribution in [3.8, 4) is 11.8 Å². The Kier molecular flexibility index (Phi) is 2.86. The molecule has 0 amide bonds. The minimum Gasteiger partial charge on any atom is -0.507 e. The van der Waals surface area contributed by atoms with Crippen LogP contribution in [0.15, 0.2) is 12.1 Å². The molecule has 1 rings (SSSR count). The number of nitro benzene ring substituents is 1. The lowest BCUT2D eigenvalue weighted by Gasteiger charge is -2.19. The van der Waals surface area contributed by atoms with Gasteiger partial charge in [0.1, 0.15) is 17.4 Å². The zero-order valence-corrected chi connectivity index (χ0v) is 9.31. The first-order chi connectivity index (χ1) is 7.27. The van der Waals surface area contributed by atoms with E-state index in [2.05, 4.69) is 0 Å². The molecule has 84 valence electrons. The average Bonchev–Trinajstić information content (AvgIpc) is 2.15. The predicted octanol–water partition coefficient (Wildman–Crippen LogP) is 2.47. The molecule has 5 heteroatoms. The zero-order chi connectivity index (χ0) is 12.5. The maximum atomic E-state index is 10.9. The van der Waals surface area contributed by atoms with Gasteiger partial charge in [-0.1, -0.05) is 20.8 Å². The standard InChI is InChI=1S/C11H12N2O3/c1-11(2,3)8-5-10(14)7(6-12)4-9(8)13(15)16/h4-5,14H,1-3H3. The van der Waals surface area contributed by atoms with Crippen molar-refractivity contribution in [1.82, 2.24) is 0 Å². The second-order valence-corrected chi connectivity index (χ2v) is 4.51. The van der Waals surface area contributed by atoms with E-state index in [0.29, 0.717) is 5.56 Å². The SMILES string of the molecule is CC(C)(C)c1cc(O)c(C#N)cc1[N+](=O)[O-]. The minimum absolute atomic E-state index is 0.0836. The van der Waals surface area contributed by atoms with Crippen molar-refractivity contribution >= 4 is 5.69 Å². The zero-order valence-electron chi connectivity index (χ0n) is 9.31. The smallest absolute Gasteiger partial charge is 0.274 e. The van der Waals surface area contributed by atoms with Crippen LogP contribution in [-0.2, 0) is 5.41 Å². The summed E-state index contributed by atoms with van der Waals surface area (Å²) in [5.41, 5.74) is -0.274. The summed E-state index contributed by atoms with van der Waals surface area (Å²) in [6, 6.07) is 4.11. The molecule has 0 radical (unpaired) electrons. The van der Waals surface area contributed by atoms with E-state index in [1.54, 1.807) is 26.8 Å². The summed E-state index contributed by atoms with van der Waals surface area (Å²) in [6.45, 7) is 5.42. The van der Waals surface area contributed by atoms with Crippen molar-refractivity contribution in [1.29, 1.82) is 5.26 Å². The molecule has 0 saturated heterocycles. The Hall–Kier alpha value is -2.09. The molecular formula is C11H12N2O3. The number of nitrogens with zero attached hydrogens (tertiary/aromatic N) is 2. The molecule has 0 atom stereocenters. The molecule has 0 bridgehead atoms. The van der Waals surface area contributed by atoms with Crippen LogP contribution in [0.3, 0.4) is 0 Å². The van der Waals surface area contributed by atoms with Gasteiger partial charge in [0.15, 0.2) is 0 Å². The van der Waals surface area contributed by atoms with Crippen molar-refractivity contribution in [3.05, 3.63) is 33.4 Å². The number of benzene rings is 1. The van der Waals surface area contributed by atoms with E-state index in [1.807, 2.05) is 0 Å². The van der Waals surface area contributed by atoms with Crippen molar-refractivity contribution in [3.63, 3.8) is 0 Å². The first-order valence-corrected chi connectivity index (χ1v) is 4.69. The van der Waals surface area contributed by atoms with Crippen LogP contribution in [0, 0.1) is 21.4 Å². The van der Waals surface area contributed by atoms with Crippen LogP contribution in [-0.4, -0.2) is 10.0 Å². The molecule has 0 heterocycles. The Labute approximate surface area is 93.1 Å². The molecular weight excluding hydrogens is 208 g/mol. The molecule has 0 aliphatic rings. The van der Waals surface area contributed by atoms with Gasteiger partial charge in [0.05, 0.1) is 4.92 Å². The van der Waals surface area contributed by atoms with Crippen LogP contribution < -0.4 is 0 Å². The van der Waals surface area contributed by atoms with Gasteiger partial charge < -0.3 is 5.11 Å². The Morgan fingerprint density at radius 3 is 2.38 bits per heavy atom. The van der Waals surface area contributed by atoms with Gasteiger partial charge in [-0.15, -0.1) is 0 Å². The van der Waals surface area contributed by atoms with Gasteiger partial charge in [0, 0.05) is 11.6 Å². The summed E-state index contributed by atoms with van der Waals surface area (Å²) in [5, 5.41) is 29.1. The van der Waals surface area contributed by atoms with Gasteiger partial charge >= 0.3 is 0 Å². The average molecular weight is 220 g/mol. The first kappa shape index (κ1) is 12.0. The number of phenolic OH excluding ortho intramolecular Hbond substituents is 1. The fourth-order valence-electron chi connectivity index (χ4n) is 1.42. The van der Waals surface area contributed by atoms with Crippen molar-refractivity contribution in [2.45, 2.75) is 26.2 Å². The normalized spacial score (nSPS) is 10.9. The lowest BCUT2D eigenvalue weighted by Crippen LogP contribution is -2.14. The van der Waals surface area contributed by atoms with Crippen molar-refractivity contribution in [2.75, 3.05) is 0 Å². The van der Waals surface area contributed by atoms with Crippen molar-refractivity contribution in [2.24, 2.45) is 0 Å². The minimum atomic E-state index is -0.541. The van der Waals surface area contributed by atoms with E-state index >= 15 is 0 Å². The third kappa shape index (κ3) is 2.11. The summed E-state index contributed by atoms with van der Waals surface area (Å²) in [5.74, 6) is -0.224. The number of nitriles is 1. The molecule has 0 aliphatic heterocycles. The molecule has 1 aromatic carbocycles. The number of hydrogen-bond donors (Lipinski definition) is 1. The lowest BCUT2D eigenvalue weighted by atomic mass is 9.85. The Balaban J connectivity index is 3.57. The summed E-state index contributed by atoms with van der Waals surface area (Å²) in [4.78, 5) is 10.3. The summed E-state index contributed by atoms with van der Waals surface area (Å²) >= 11 is 0. The van der Waals surface area contributed by atoms with E-state index in [-0.39, 0.29) is 17.0 Å². The fourth-order valence-corrected chi connectivity index (χ4v) is 1.42. The van der Waals surface area contributed by atoms with E-state index < -0.39 is 10.3 Å². The van der Waals surface area contributed by atoms with Crippen LogP contribution in [0.2, 0.25) is 0 Å². The largest absolute Gasteiger partial charge is 0.507 e. The van der Waals surface area contributed by atoms with E-state index in [1.165, 1.54) is 6.07 Å². The topological polar surface area (TPSA) is 87.2 Å². The molecule has 0 aliphatic carbocycles. The number of aromatic hydroxyl groups is 1. The van der Waals surface area contributed by atoms with Crippen LogP contribution in [0.1, 0.15) is 31.9 Å². The van der Waals surface area contributed by atoms with Crippen LogP contribution >= 0.6 is 0 Å². The second-order valence-electron chi connectivity index (χ2n) is 4.51. The van der Waals surface area contributed by atoms with Gasteiger partial charge in [-0.05, 0) is 11.5 Å². The van der Waals surface area contributed by atoms with Crippen LogP contribution in [0.25, 0.3) is 0 Å². The van der Waals surface area contributed by atoms with Gasteiger partial charge in [0.2, 0.25) is 0 Å². The van der Waals surface area contributed by atoms with E-state index in [4.69, 9.17) is 5.26 Å². The molecule has 1 N–H and O–H groups in total. The summed E-state index contributed by atoms with van der Waals surface area (Å²) in [6.07, 6.45) is 0. The fraction of sp³-hybridized carbons (Fsp3) is 0.364. The molecule has 1 aromatic rings. The van der Waals surface area contributed by atoms with Gasteiger partial charge in [0.25, 0.3) is 5.69 Å². The molecule has 0 saturated carbocycles. The molecule has 16 heavy (non-hydrogen) atoms. The summed E-state index contributed by atoms with van der Waals surface area (Å²) < 4.78 is 0. The number of rotatable bonds is 1. The maximum Gasteiger partial charge on any atom is 0.274 e. The van der Waals surface area contributed by atoms with Gasteiger partial charge in [-0.25, -0.2) is 0 Å². The van der Waals surface area contributed by atoms with E-state index in [9.17, 15) is 15.2 Å². The predicted molar refractivity (Wildman–Crippen MR) is 58.2 cm³/mol. The molecule has 5 nitrogen and oxygen atoms in total. The Bertz CT molecular complexity index is 481. The number of hydrogen-bond acceptors (Lipinski definition) is 4. The Morgan fingerprint density at radius 2 is 2.00 bits per heavy atom. The highest BCUT2D eigenvalue weighted by atomic mass is 16.6. The molecule has 0 fully saturated rings. The van der Waals surface area contributed by atoms with Gasteiger partial charge in [-0.2, -0.15) is 5.26 Å². The highest BCUT2D eigenvalue weighted by Crippen LogP contribution is 2.35. The molecule has 0 unspecified atom stereocenters. The molecule has 0 aromatic heterocycles. The van der Waals surface area contributed by atoms with Crippen molar-refractivity contribution < 1.29 is 10.0 Å². The number of nitro groups is 1. The molecule has 0 spiro atoms. The maximum absolute atomic E-state index is 10.9. The lowest BCUT2D eigenvalue weighted by molar-refractivity contribution is -0.386. The first-order valence-electron chi connectivity index (χ1n) is 4.69. The van der Waals surface area contributed by atoms with Crippen LogP contribution in [0.4, 0.5) is 5.69 Å². The Morgan fingerprint density at radius 1 is 1.44 bits per heavy atom. The monoisotopic (exact) mass is 220 g/mol. The second kappa shape index (κ2) is 3.81. The van der Waals surface area contributed by atoms with Crippen LogP contribution in [0.5, 0.6) is 5.75 Å². The third-order valence-electron chi connectivity index (χ3n) is 2.24. The summed E-state index contributed by atoms with van der Waals surface area (Å²) in [7, 11) is 0. The third-order valence-corrected chi connectivity index (χ3v) is 2.24. The highest BCUT2D eigenvalue weighted by molar-refractivity contribution is 5.56. The highest BCUT2D eigenvalue weighted by Gasteiger charge is 2.26.